The zero-order valence-corrected chi connectivity index (χ0v) is 6.71. The van der Waals surface area contributed by atoms with Crippen LogP contribution in [-0.2, 0) is 11.2 Å². The average Bonchev–Trinajstić information content (AvgIpc) is 2.56. The largest absolute Gasteiger partial charge is 0.369 e. The molecular weight excluding hydrogens is 172 g/mol. The fraction of sp³-hybridized carbons (Fsp3) is 0.333. The minimum atomic E-state index is -0.856. The maximum atomic E-state index is 10.7. The van der Waals surface area contributed by atoms with Gasteiger partial charge in [0.05, 0.1) is 6.33 Å². The summed E-state index contributed by atoms with van der Waals surface area (Å²) >= 11 is 0. The molecule has 13 heavy (non-hydrogen) atoms. The van der Waals surface area contributed by atoms with E-state index in [-0.39, 0.29) is 6.42 Å². The molecular formula is C6H8N6O. The van der Waals surface area contributed by atoms with Gasteiger partial charge in [0.1, 0.15) is 6.04 Å². The van der Waals surface area contributed by atoms with Crippen LogP contribution in [0.15, 0.2) is 17.6 Å². The second kappa shape index (κ2) is 4.13. The first-order chi connectivity index (χ1) is 6.24. The second-order valence-electron chi connectivity index (χ2n) is 2.40. The standard InChI is InChI=1S/C6H8N6O/c7-6(13)5(11-12-8)1-4-2-9-3-10-4/h2-3,5H,1H2,(H2,7,13)(H,9,10)/t5-/m0/s1. The Morgan fingerprint density at radius 1 is 1.92 bits per heavy atom. The van der Waals surface area contributed by atoms with E-state index in [0.717, 1.165) is 0 Å². The predicted molar refractivity (Wildman–Crippen MR) is 44.4 cm³/mol. The molecule has 0 aromatic carbocycles. The first-order valence-corrected chi connectivity index (χ1v) is 3.55. The summed E-state index contributed by atoms with van der Waals surface area (Å²) in [5, 5.41) is 3.26. The summed E-state index contributed by atoms with van der Waals surface area (Å²) in [6, 6.07) is -0.856. The van der Waals surface area contributed by atoms with Crippen molar-refractivity contribution in [1.29, 1.82) is 0 Å². The van der Waals surface area contributed by atoms with Crippen molar-refractivity contribution in [3.8, 4) is 0 Å². The summed E-state index contributed by atoms with van der Waals surface area (Å²) < 4.78 is 0. The molecule has 1 heterocycles. The molecule has 1 aromatic rings. The van der Waals surface area contributed by atoms with Crippen LogP contribution in [0.1, 0.15) is 5.69 Å². The van der Waals surface area contributed by atoms with Crippen LogP contribution in [0.5, 0.6) is 0 Å². The number of hydrogen-bond acceptors (Lipinski definition) is 3. The summed E-state index contributed by atoms with van der Waals surface area (Å²) in [6.07, 6.45) is 3.27. The molecule has 0 unspecified atom stereocenters. The highest BCUT2D eigenvalue weighted by molar-refractivity contribution is 5.80. The molecule has 0 fully saturated rings. The highest BCUT2D eigenvalue weighted by Crippen LogP contribution is 2.01. The summed E-state index contributed by atoms with van der Waals surface area (Å²) in [5.41, 5.74) is 13.8. The summed E-state index contributed by atoms with van der Waals surface area (Å²) in [4.78, 5) is 19.8. The van der Waals surface area contributed by atoms with Crippen LogP contribution >= 0.6 is 0 Å². The number of amides is 1. The van der Waals surface area contributed by atoms with E-state index >= 15 is 0 Å². The molecule has 3 N–H and O–H groups in total. The minimum absolute atomic E-state index is 0.249. The van der Waals surface area contributed by atoms with E-state index in [1.807, 2.05) is 0 Å². The zero-order chi connectivity index (χ0) is 9.68. The summed E-state index contributed by atoms with van der Waals surface area (Å²) in [5.74, 6) is -0.646. The lowest BCUT2D eigenvalue weighted by molar-refractivity contribution is -0.119. The number of nitrogens with two attached hydrogens (primary N) is 1. The third-order valence-electron chi connectivity index (χ3n) is 1.49. The molecule has 7 heteroatoms. The van der Waals surface area contributed by atoms with Crippen LogP contribution < -0.4 is 5.73 Å². The van der Waals surface area contributed by atoms with Crippen molar-refractivity contribution >= 4 is 5.91 Å². The van der Waals surface area contributed by atoms with Crippen molar-refractivity contribution in [2.24, 2.45) is 10.8 Å². The molecule has 1 rings (SSSR count). The molecule has 0 saturated heterocycles. The molecule has 68 valence electrons. The number of aromatic nitrogens is 2. The van der Waals surface area contributed by atoms with Crippen molar-refractivity contribution in [3.05, 3.63) is 28.7 Å². The van der Waals surface area contributed by atoms with E-state index in [9.17, 15) is 4.79 Å². The third-order valence-corrected chi connectivity index (χ3v) is 1.49. The number of H-pyrrole nitrogens is 1. The van der Waals surface area contributed by atoms with Crippen LogP contribution in [0.25, 0.3) is 10.4 Å². The van der Waals surface area contributed by atoms with Crippen LogP contribution in [0.3, 0.4) is 0 Å². The number of carbonyl (C=O) groups is 1. The second-order valence-corrected chi connectivity index (χ2v) is 2.40. The molecule has 0 spiro atoms. The van der Waals surface area contributed by atoms with Gasteiger partial charge >= 0.3 is 0 Å². The van der Waals surface area contributed by atoms with E-state index in [1.165, 1.54) is 6.33 Å². The fourth-order valence-electron chi connectivity index (χ4n) is 0.865. The number of imidazole rings is 1. The van der Waals surface area contributed by atoms with Gasteiger partial charge in [0.15, 0.2) is 0 Å². The van der Waals surface area contributed by atoms with Gasteiger partial charge in [-0.15, -0.1) is 0 Å². The predicted octanol–water partition coefficient (Wildman–Crippen LogP) is 0.116. The Bertz CT molecular complexity index is 323. The number of primary amides is 1. The molecule has 0 saturated carbocycles. The van der Waals surface area contributed by atoms with Crippen LogP contribution in [0.4, 0.5) is 0 Å². The van der Waals surface area contributed by atoms with Gasteiger partial charge < -0.3 is 10.7 Å². The molecule has 0 aliphatic carbocycles. The minimum Gasteiger partial charge on any atom is -0.369 e. The number of azide groups is 1. The van der Waals surface area contributed by atoms with Gasteiger partial charge in [-0.2, -0.15) is 0 Å². The third kappa shape index (κ3) is 2.49. The SMILES string of the molecule is [N-]=[N+]=N[C@@H](Cc1cnc[nH]1)C(N)=O. The molecule has 7 nitrogen and oxygen atoms in total. The number of nitrogens with zero attached hydrogens (tertiary/aromatic N) is 4. The number of hydrogen-bond donors (Lipinski definition) is 2. The Morgan fingerprint density at radius 2 is 2.69 bits per heavy atom. The summed E-state index contributed by atoms with van der Waals surface area (Å²) in [6.45, 7) is 0. The van der Waals surface area contributed by atoms with Gasteiger partial charge in [-0.05, 0) is 5.53 Å². The highest BCUT2D eigenvalue weighted by Gasteiger charge is 2.14. The Hall–Kier alpha value is -2.01. The van der Waals surface area contributed by atoms with Gasteiger partial charge in [0.2, 0.25) is 5.91 Å². The van der Waals surface area contributed by atoms with Gasteiger partial charge in [-0.3, -0.25) is 4.79 Å². The quantitative estimate of drug-likeness (QED) is 0.388. The fourth-order valence-corrected chi connectivity index (χ4v) is 0.865. The van der Waals surface area contributed by atoms with E-state index in [1.54, 1.807) is 6.20 Å². The Balaban J connectivity index is 2.68. The topological polar surface area (TPSA) is 121 Å². The van der Waals surface area contributed by atoms with Crippen molar-refractivity contribution in [1.82, 2.24) is 9.97 Å². The molecule has 0 aliphatic heterocycles. The molecule has 1 amide bonds. The maximum absolute atomic E-state index is 10.7. The number of rotatable bonds is 4. The molecule has 0 aliphatic rings. The van der Waals surface area contributed by atoms with Gasteiger partial charge in [-0.25, -0.2) is 4.98 Å². The normalized spacial score (nSPS) is 11.7. The lowest BCUT2D eigenvalue weighted by Crippen LogP contribution is -2.28. The molecule has 0 radical (unpaired) electrons. The molecule has 1 atom stereocenters. The first-order valence-electron chi connectivity index (χ1n) is 3.55. The lowest BCUT2D eigenvalue weighted by Gasteiger charge is -2.03. The van der Waals surface area contributed by atoms with Crippen molar-refractivity contribution < 1.29 is 4.79 Å². The monoisotopic (exact) mass is 180 g/mol. The van der Waals surface area contributed by atoms with E-state index in [4.69, 9.17) is 11.3 Å². The number of aromatic amines is 1. The Morgan fingerprint density at radius 3 is 3.15 bits per heavy atom. The number of nitrogens with one attached hydrogen (secondary N) is 1. The van der Waals surface area contributed by atoms with Crippen LogP contribution in [0, 0.1) is 0 Å². The van der Waals surface area contributed by atoms with Crippen molar-refractivity contribution in [2.45, 2.75) is 12.5 Å². The molecule has 0 bridgehead atoms. The Labute approximate surface area is 73.6 Å². The van der Waals surface area contributed by atoms with Gasteiger partial charge in [0, 0.05) is 23.2 Å². The zero-order valence-electron chi connectivity index (χ0n) is 6.71. The van der Waals surface area contributed by atoms with Crippen molar-refractivity contribution in [2.75, 3.05) is 0 Å². The van der Waals surface area contributed by atoms with Crippen molar-refractivity contribution in [3.63, 3.8) is 0 Å². The molecule has 1 aromatic heterocycles. The van der Waals surface area contributed by atoms with Gasteiger partial charge in [0.25, 0.3) is 0 Å². The summed E-state index contributed by atoms with van der Waals surface area (Å²) in [7, 11) is 0. The van der Waals surface area contributed by atoms with Crippen LogP contribution in [0.2, 0.25) is 0 Å². The Kier molecular flexibility index (Phi) is 2.88. The highest BCUT2D eigenvalue weighted by atomic mass is 16.1. The van der Waals surface area contributed by atoms with E-state index < -0.39 is 11.9 Å². The smallest absolute Gasteiger partial charge is 0.226 e. The van der Waals surface area contributed by atoms with Gasteiger partial charge in [-0.1, -0.05) is 5.11 Å². The maximum Gasteiger partial charge on any atom is 0.226 e. The van der Waals surface area contributed by atoms with Crippen LogP contribution in [-0.4, -0.2) is 21.9 Å². The first kappa shape index (κ1) is 9.08. The van der Waals surface area contributed by atoms with E-state index in [2.05, 4.69) is 20.0 Å². The lowest BCUT2D eigenvalue weighted by atomic mass is 10.2. The number of carbonyl (C=O) groups excluding carboxylic acids is 1. The van der Waals surface area contributed by atoms with E-state index in [0.29, 0.717) is 5.69 Å². The average molecular weight is 180 g/mol.